The number of thioether (sulfide) groups is 1. The van der Waals surface area contributed by atoms with Crippen molar-refractivity contribution in [2.45, 2.75) is 32.4 Å². The van der Waals surface area contributed by atoms with Crippen LogP contribution in [0.15, 0.2) is 0 Å². The first-order valence-corrected chi connectivity index (χ1v) is 6.74. The highest BCUT2D eigenvalue weighted by molar-refractivity contribution is 7.98. The molecule has 0 aliphatic carbocycles. The van der Waals surface area contributed by atoms with Gasteiger partial charge >= 0.3 is 0 Å². The minimum absolute atomic E-state index is 0.187. The molecule has 2 amide bonds. The SMILES string of the molecule is CCNC(=O)C(C)NC(=O)[C@H](N)CCSC. The van der Waals surface area contributed by atoms with Crippen LogP contribution in [-0.2, 0) is 9.59 Å². The highest BCUT2D eigenvalue weighted by atomic mass is 32.2. The molecule has 0 fully saturated rings. The number of carbonyl (C=O) groups excluding carboxylic acids is 2. The van der Waals surface area contributed by atoms with Crippen molar-refractivity contribution in [2.75, 3.05) is 18.6 Å². The van der Waals surface area contributed by atoms with E-state index < -0.39 is 12.1 Å². The summed E-state index contributed by atoms with van der Waals surface area (Å²) in [6.07, 6.45) is 2.58. The van der Waals surface area contributed by atoms with E-state index in [0.717, 1.165) is 5.75 Å². The quantitative estimate of drug-likeness (QED) is 0.577. The van der Waals surface area contributed by atoms with Gasteiger partial charge in [0.1, 0.15) is 6.04 Å². The molecule has 5 nitrogen and oxygen atoms in total. The Labute approximate surface area is 101 Å². The largest absolute Gasteiger partial charge is 0.355 e. The van der Waals surface area contributed by atoms with Gasteiger partial charge in [-0.2, -0.15) is 11.8 Å². The summed E-state index contributed by atoms with van der Waals surface area (Å²) in [5.74, 6) is 0.380. The highest BCUT2D eigenvalue weighted by Crippen LogP contribution is 1.99. The lowest BCUT2D eigenvalue weighted by molar-refractivity contribution is -0.129. The number of amides is 2. The van der Waals surface area contributed by atoms with E-state index in [1.807, 2.05) is 13.2 Å². The van der Waals surface area contributed by atoms with Gasteiger partial charge in [0.05, 0.1) is 6.04 Å². The fourth-order valence-corrected chi connectivity index (χ4v) is 1.58. The second-order valence-electron chi connectivity index (χ2n) is 3.51. The third-order valence-corrected chi connectivity index (χ3v) is 2.72. The van der Waals surface area contributed by atoms with Crippen LogP contribution in [0.2, 0.25) is 0 Å². The predicted molar refractivity (Wildman–Crippen MR) is 67.3 cm³/mol. The monoisotopic (exact) mass is 247 g/mol. The molecular formula is C10H21N3O2S. The van der Waals surface area contributed by atoms with E-state index in [9.17, 15) is 9.59 Å². The van der Waals surface area contributed by atoms with Gasteiger partial charge < -0.3 is 16.4 Å². The van der Waals surface area contributed by atoms with Gasteiger partial charge in [-0.3, -0.25) is 9.59 Å². The number of hydrogen-bond acceptors (Lipinski definition) is 4. The summed E-state index contributed by atoms with van der Waals surface area (Å²) in [7, 11) is 0. The molecular weight excluding hydrogens is 226 g/mol. The third-order valence-electron chi connectivity index (χ3n) is 2.07. The van der Waals surface area contributed by atoms with Crippen LogP contribution in [0.5, 0.6) is 0 Å². The second-order valence-corrected chi connectivity index (χ2v) is 4.50. The summed E-state index contributed by atoms with van der Waals surface area (Å²) >= 11 is 1.64. The first kappa shape index (κ1) is 15.2. The fourth-order valence-electron chi connectivity index (χ4n) is 1.09. The molecule has 0 saturated carbocycles. The van der Waals surface area contributed by atoms with Crippen LogP contribution in [0.4, 0.5) is 0 Å². The van der Waals surface area contributed by atoms with Crippen LogP contribution >= 0.6 is 11.8 Å². The maximum absolute atomic E-state index is 11.5. The van der Waals surface area contributed by atoms with Gasteiger partial charge in [0.15, 0.2) is 0 Å². The Hall–Kier alpha value is -0.750. The molecule has 2 atom stereocenters. The van der Waals surface area contributed by atoms with Crippen molar-refractivity contribution in [3.63, 3.8) is 0 Å². The smallest absolute Gasteiger partial charge is 0.242 e. The van der Waals surface area contributed by atoms with Crippen molar-refractivity contribution in [3.8, 4) is 0 Å². The molecule has 0 rings (SSSR count). The van der Waals surface area contributed by atoms with Crippen LogP contribution in [0.3, 0.4) is 0 Å². The first-order chi connectivity index (χ1) is 7.52. The first-order valence-electron chi connectivity index (χ1n) is 5.35. The molecule has 16 heavy (non-hydrogen) atoms. The molecule has 6 heteroatoms. The molecule has 94 valence electrons. The second kappa shape index (κ2) is 8.41. The summed E-state index contributed by atoms with van der Waals surface area (Å²) in [4.78, 5) is 22.9. The van der Waals surface area contributed by atoms with E-state index in [0.29, 0.717) is 13.0 Å². The molecule has 0 heterocycles. The Balaban J connectivity index is 3.97. The highest BCUT2D eigenvalue weighted by Gasteiger charge is 2.18. The van der Waals surface area contributed by atoms with Crippen molar-refractivity contribution in [1.29, 1.82) is 0 Å². The van der Waals surface area contributed by atoms with Crippen molar-refractivity contribution < 1.29 is 9.59 Å². The summed E-state index contributed by atoms with van der Waals surface area (Å²) in [5, 5.41) is 5.22. The van der Waals surface area contributed by atoms with Gasteiger partial charge in [0.2, 0.25) is 11.8 Å². The molecule has 0 aromatic heterocycles. The number of rotatable bonds is 7. The van der Waals surface area contributed by atoms with Gasteiger partial charge in [-0.15, -0.1) is 0 Å². The van der Waals surface area contributed by atoms with Crippen LogP contribution < -0.4 is 16.4 Å². The average molecular weight is 247 g/mol. The number of likely N-dealkylation sites (N-methyl/N-ethyl adjacent to an activating group) is 1. The summed E-state index contributed by atoms with van der Waals surface area (Å²) < 4.78 is 0. The predicted octanol–water partition coefficient (Wildman–Crippen LogP) is -0.292. The van der Waals surface area contributed by atoms with Gasteiger partial charge in [-0.25, -0.2) is 0 Å². The normalized spacial score (nSPS) is 14.0. The fraction of sp³-hybridized carbons (Fsp3) is 0.800. The Morgan fingerprint density at radius 1 is 1.38 bits per heavy atom. The zero-order chi connectivity index (χ0) is 12.6. The maximum Gasteiger partial charge on any atom is 0.242 e. The molecule has 0 saturated heterocycles. The molecule has 0 spiro atoms. The molecule has 0 aliphatic heterocycles. The number of nitrogens with two attached hydrogens (primary N) is 1. The van der Waals surface area contributed by atoms with Crippen LogP contribution in [0.25, 0.3) is 0 Å². The van der Waals surface area contributed by atoms with E-state index in [2.05, 4.69) is 10.6 Å². The number of carbonyl (C=O) groups is 2. The van der Waals surface area contributed by atoms with E-state index in [4.69, 9.17) is 5.73 Å². The Morgan fingerprint density at radius 3 is 2.50 bits per heavy atom. The van der Waals surface area contributed by atoms with Crippen molar-refractivity contribution >= 4 is 23.6 Å². The molecule has 0 aliphatic rings. The van der Waals surface area contributed by atoms with E-state index in [1.54, 1.807) is 18.7 Å². The summed E-state index contributed by atoms with van der Waals surface area (Å²) in [5.41, 5.74) is 5.67. The van der Waals surface area contributed by atoms with Crippen molar-refractivity contribution in [3.05, 3.63) is 0 Å². The van der Waals surface area contributed by atoms with Crippen LogP contribution in [-0.4, -0.2) is 42.5 Å². The van der Waals surface area contributed by atoms with Gasteiger partial charge in [0, 0.05) is 6.54 Å². The molecule has 0 aromatic rings. The number of hydrogen-bond donors (Lipinski definition) is 3. The lowest BCUT2D eigenvalue weighted by atomic mass is 10.2. The lowest BCUT2D eigenvalue weighted by Crippen LogP contribution is -2.50. The molecule has 0 bridgehead atoms. The van der Waals surface area contributed by atoms with E-state index in [-0.39, 0.29) is 11.8 Å². The standard InChI is InChI=1S/C10H21N3O2S/c1-4-12-9(14)7(2)13-10(15)8(11)5-6-16-3/h7-8H,4-6,11H2,1-3H3,(H,12,14)(H,13,15)/t7?,8-/m1/s1. The lowest BCUT2D eigenvalue weighted by Gasteiger charge is -2.16. The molecule has 4 N–H and O–H groups in total. The minimum atomic E-state index is -0.538. The third kappa shape index (κ3) is 5.97. The zero-order valence-corrected chi connectivity index (χ0v) is 10.9. The van der Waals surface area contributed by atoms with Gasteiger partial charge in [0.25, 0.3) is 0 Å². The number of nitrogens with one attached hydrogen (secondary N) is 2. The minimum Gasteiger partial charge on any atom is -0.355 e. The molecule has 0 radical (unpaired) electrons. The van der Waals surface area contributed by atoms with E-state index in [1.165, 1.54) is 0 Å². The van der Waals surface area contributed by atoms with Crippen molar-refractivity contribution in [2.24, 2.45) is 5.73 Å². The summed E-state index contributed by atoms with van der Waals surface area (Å²) in [6, 6.07) is -1.07. The molecule has 1 unspecified atom stereocenters. The zero-order valence-electron chi connectivity index (χ0n) is 10.1. The van der Waals surface area contributed by atoms with Crippen molar-refractivity contribution in [1.82, 2.24) is 10.6 Å². The Bertz CT molecular complexity index is 236. The Kier molecular flexibility index (Phi) is 8.01. The molecule has 0 aromatic carbocycles. The van der Waals surface area contributed by atoms with Gasteiger partial charge in [-0.1, -0.05) is 0 Å². The summed E-state index contributed by atoms with van der Waals surface area (Å²) in [6.45, 7) is 4.03. The average Bonchev–Trinajstić information content (AvgIpc) is 2.25. The van der Waals surface area contributed by atoms with Gasteiger partial charge in [-0.05, 0) is 32.3 Å². The van der Waals surface area contributed by atoms with E-state index >= 15 is 0 Å². The maximum atomic E-state index is 11.5. The topological polar surface area (TPSA) is 84.2 Å². The van der Waals surface area contributed by atoms with Crippen LogP contribution in [0, 0.1) is 0 Å². The van der Waals surface area contributed by atoms with Crippen LogP contribution in [0.1, 0.15) is 20.3 Å². The Morgan fingerprint density at radius 2 is 2.00 bits per heavy atom.